The van der Waals surface area contributed by atoms with Crippen molar-refractivity contribution < 1.29 is 14.3 Å². The molecule has 1 aromatic carbocycles. The van der Waals surface area contributed by atoms with Crippen LogP contribution in [-0.4, -0.2) is 18.4 Å². The van der Waals surface area contributed by atoms with Crippen molar-refractivity contribution >= 4 is 28.8 Å². The molecule has 5 nitrogen and oxygen atoms in total. The van der Waals surface area contributed by atoms with Crippen molar-refractivity contribution in [1.82, 2.24) is 5.32 Å². The van der Waals surface area contributed by atoms with Crippen LogP contribution in [0.1, 0.15) is 28.2 Å². The average Bonchev–Trinajstić information content (AvgIpc) is 3.01. The molecule has 0 fully saturated rings. The maximum absolute atomic E-state index is 12.3. The summed E-state index contributed by atoms with van der Waals surface area (Å²) < 4.78 is 5.31. The molecule has 0 spiro atoms. The maximum Gasteiger partial charge on any atom is 0.262 e. The lowest BCUT2D eigenvalue weighted by molar-refractivity contribution is -0.118. The number of benzene rings is 1. The van der Waals surface area contributed by atoms with Gasteiger partial charge in [0.2, 0.25) is 0 Å². The molecule has 1 aliphatic heterocycles. The number of rotatable bonds is 3. The predicted octanol–water partition coefficient (Wildman–Crippen LogP) is 2.57. The third kappa shape index (κ3) is 2.90. The minimum atomic E-state index is -0.189. The summed E-state index contributed by atoms with van der Waals surface area (Å²) in [5.74, 6) is 0.163. The van der Waals surface area contributed by atoms with Crippen LogP contribution in [0.3, 0.4) is 0 Å². The first-order chi connectivity index (χ1) is 10.1. The third-order valence-corrected chi connectivity index (χ3v) is 4.25. The van der Waals surface area contributed by atoms with Crippen LogP contribution in [0.4, 0.5) is 5.69 Å². The van der Waals surface area contributed by atoms with Gasteiger partial charge in [-0.25, -0.2) is 0 Å². The zero-order valence-electron chi connectivity index (χ0n) is 11.4. The number of amides is 2. The maximum atomic E-state index is 12.3. The summed E-state index contributed by atoms with van der Waals surface area (Å²) in [6.07, 6.45) is 0. The van der Waals surface area contributed by atoms with Gasteiger partial charge in [0.25, 0.3) is 11.8 Å². The van der Waals surface area contributed by atoms with E-state index in [1.165, 1.54) is 0 Å². The number of anilines is 1. The van der Waals surface area contributed by atoms with Gasteiger partial charge >= 0.3 is 0 Å². The first kappa shape index (κ1) is 13.6. The molecule has 21 heavy (non-hydrogen) atoms. The lowest BCUT2D eigenvalue weighted by Crippen LogP contribution is -2.28. The molecule has 6 heteroatoms. The molecule has 0 unspecified atom stereocenters. The van der Waals surface area contributed by atoms with Gasteiger partial charge < -0.3 is 15.4 Å². The minimum absolute atomic E-state index is 0.0241. The average molecular weight is 302 g/mol. The second-order valence-electron chi connectivity index (χ2n) is 4.76. The molecule has 0 radical (unpaired) electrons. The Hall–Kier alpha value is -2.34. The molecule has 0 saturated carbocycles. The monoisotopic (exact) mass is 302 g/mol. The summed E-state index contributed by atoms with van der Waals surface area (Å²) >= 11 is 1.60. The summed E-state index contributed by atoms with van der Waals surface area (Å²) in [6, 6.07) is 8.89. The normalized spacial score (nSPS) is 14.6. The molecule has 2 N–H and O–H groups in total. The Kier molecular flexibility index (Phi) is 3.62. The van der Waals surface area contributed by atoms with Gasteiger partial charge in [0.15, 0.2) is 6.61 Å². The summed E-state index contributed by atoms with van der Waals surface area (Å²) in [6.45, 7) is 1.92. The number of nitrogens with one attached hydrogen (secondary N) is 2. The van der Waals surface area contributed by atoms with Gasteiger partial charge in [-0.3, -0.25) is 9.59 Å². The second kappa shape index (κ2) is 5.57. The first-order valence-electron chi connectivity index (χ1n) is 6.54. The van der Waals surface area contributed by atoms with Crippen molar-refractivity contribution in [3.8, 4) is 5.75 Å². The lowest BCUT2D eigenvalue weighted by atomic mass is 10.1. The Balaban J connectivity index is 1.75. The molecular formula is C15H14N2O3S. The van der Waals surface area contributed by atoms with Crippen molar-refractivity contribution in [2.75, 3.05) is 11.9 Å². The van der Waals surface area contributed by atoms with Gasteiger partial charge in [-0.05, 0) is 36.6 Å². The largest absolute Gasteiger partial charge is 0.482 e. The van der Waals surface area contributed by atoms with Gasteiger partial charge in [0.1, 0.15) is 5.75 Å². The van der Waals surface area contributed by atoms with Crippen molar-refractivity contribution in [2.45, 2.75) is 13.0 Å². The number of hydrogen-bond donors (Lipinski definition) is 2. The zero-order valence-corrected chi connectivity index (χ0v) is 12.2. The van der Waals surface area contributed by atoms with E-state index in [-0.39, 0.29) is 24.5 Å². The molecule has 1 aliphatic rings. The van der Waals surface area contributed by atoms with Crippen LogP contribution in [0.25, 0.3) is 0 Å². The molecular weight excluding hydrogens is 288 g/mol. The standard InChI is InChI=1S/C15H14N2O3S/c1-9(13-3-2-6-21-13)16-15(19)10-4-5-11-12(7-10)20-8-14(18)17-11/h2-7,9H,8H2,1H3,(H,16,19)(H,17,18)/t9-/m0/s1. The summed E-state index contributed by atoms with van der Waals surface area (Å²) in [7, 11) is 0. The highest BCUT2D eigenvalue weighted by molar-refractivity contribution is 7.10. The highest BCUT2D eigenvalue weighted by Gasteiger charge is 2.18. The molecule has 2 aromatic rings. The Morgan fingerprint density at radius 3 is 3.05 bits per heavy atom. The van der Waals surface area contributed by atoms with E-state index in [0.717, 1.165) is 4.88 Å². The van der Waals surface area contributed by atoms with Crippen molar-refractivity contribution in [2.24, 2.45) is 0 Å². The third-order valence-electron chi connectivity index (χ3n) is 3.19. The summed E-state index contributed by atoms with van der Waals surface area (Å²) in [5, 5.41) is 7.62. The van der Waals surface area contributed by atoms with E-state index in [1.807, 2.05) is 24.4 Å². The molecule has 2 heterocycles. The number of thiophene rings is 1. The van der Waals surface area contributed by atoms with E-state index in [9.17, 15) is 9.59 Å². The minimum Gasteiger partial charge on any atom is -0.482 e. The molecule has 0 saturated heterocycles. The zero-order chi connectivity index (χ0) is 14.8. The van der Waals surface area contributed by atoms with Crippen LogP contribution < -0.4 is 15.4 Å². The Morgan fingerprint density at radius 2 is 2.29 bits per heavy atom. The molecule has 2 amide bonds. The highest BCUT2D eigenvalue weighted by Crippen LogP contribution is 2.28. The molecule has 3 rings (SSSR count). The van der Waals surface area contributed by atoms with E-state index in [4.69, 9.17) is 4.74 Å². The smallest absolute Gasteiger partial charge is 0.262 e. The summed E-state index contributed by atoms with van der Waals surface area (Å²) in [5.41, 5.74) is 1.10. The molecule has 0 aliphatic carbocycles. The molecule has 1 aromatic heterocycles. The van der Waals surface area contributed by atoms with Crippen LogP contribution in [-0.2, 0) is 4.79 Å². The van der Waals surface area contributed by atoms with E-state index >= 15 is 0 Å². The van der Waals surface area contributed by atoms with Gasteiger partial charge in [-0.15, -0.1) is 11.3 Å². The van der Waals surface area contributed by atoms with E-state index in [2.05, 4.69) is 10.6 Å². The number of carbonyl (C=O) groups excluding carboxylic acids is 2. The summed E-state index contributed by atoms with van der Waals surface area (Å²) in [4.78, 5) is 24.6. The van der Waals surface area contributed by atoms with Gasteiger partial charge in [-0.1, -0.05) is 6.07 Å². The Labute approximate surface area is 125 Å². The number of carbonyl (C=O) groups is 2. The highest BCUT2D eigenvalue weighted by atomic mass is 32.1. The van der Waals surface area contributed by atoms with Crippen molar-refractivity contribution in [1.29, 1.82) is 0 Å². The van der Waals surface area contributed by atoms with E-state index in [1.54, 1.807) is 29.5 Å². The molecule has 108 valence electrons. The SMILES string of the molecule is C[C@H](NC(=O)c1ccc2c(c1)OCC(=O)N2)c1cccs1. The van der Waals surface area contributed by atoms with Crippen molar-refractivity contribution in [3.05, 3.63) is 46.2 Å². The van der Waals surface area contributed by atoms with Crippen LogP contribution in [0.15, 0.2) is 35.7 Å². The number of hydrogen-bond acceptors (Lipinski definition) is 4. The fourth-order valence-corrected chi connectivity index (χ4v) is 2.84. The van der Waals surface area contributed by atoms with Gasteiger partial charge in [0, 0.05) is 10.4 Å². The number of ether oxygens (including phenoxy) is 1. The Bertz CT molecular complexity index is 682. The fraction of sp³-hybridized carbons (Fsp3) is 0.200. The van der Waals surface area contributed by atoms with Crippen molar-refractivity contribution in [3.63, 3.8) is 0 Å². The van der Waals surface area contributed by atoms with Gasteiger partial charge in [0.05, 0.1) is 11.7 Å². The van der Waals surface area contributed by atoms with E-state index < -0.39 is 0 Å². The lowest BCUT2D eigenvalue weighted by Gasteiger charge is -2.19. The van der Waals surface area contributed by atoms with E-state index in [0.29, 0.717) is 17.0 Å². The predicted molar refractivity (Wildman–Crippen MR) is 80.8 cm³/mol. The van der Waals surface area contributed by atoms with Gasteiger partial charge in [-0.2, -0.15) is 0 Å². The Morgan fingerprint density at radius 1 is 1.43 bits per heavy atom. The van der Waals surface area contributed by atoms with Crippen LogP contribution >= 0.6 is 11.3 Å². The van der Waals surface area contributed by atoms with Crippen LogP contribution in [0.2, 0.25) is 0 Å². The molecule has 1 atom stereocenters. The topological polar surface area (TPSA) is 67.4 Å². The first-order valence-corrected chi connectivity index (χ1v) is 7.42. The molecule has 0 bridgehead atoms. The fourth-order valence-electron chi connectivity index (χ4n) is 2.10. The quantitative estimate of drug-likeness (QED) is 0.915. The second-order valence-corrected chi connectivity index (χ2v) is 5.74. The van der Waals surface area contributed by atoms with Crippen LogP contribution in [0.5, 0.6) is 5.75 Å². The number of fused-ring (bicyclic) bond motifs is 1. The van der Waals surface area contributed by atoms with Crippen LogP contribution in [0, 0.1) is 0 Å².